The Hall–Kier alpha value is -3.13. The molecule has 2 heterocycles. The fourth-order valence-electron chi connectivity index (χ4n) is 3.64. The van der Waals surface area contributed by atoms with Crippen molar-refractivity contribution in [1.82, 2.24) is 14.8 Å². The molecule has 8 heteroatoms. The van der Waals surface area contributed by atoms with Crippen LogP contribution in [-0.2, 0) is 16.1 Å². The van der Waals surface area contributed by atoms with Crippen LogP contribution in [-0.4, -0.2) is 38.4 Å². The zero-order valence-electron chi connectivity index (χ0n) is 16.9. The number of hydrogen-bond acceptors (Lipinski definition) is 5. The Bertz CT molecular complexity index is 1070. The Morgan fingerprint density at radius 1 is 1.13 bits per heavy atom. The number of carbonyl (C=O) groups excluding carboxylic acids is 2. The van der Waals surface area contributed by atoms with E-state index in [0.29, 0.717) is 17.4 Å². The van der Waals surface area contributed by atoms with E-state index in [4.69, 9.17) is 0 Å². The average molecular weight is 422 g/mol. The van der Waals surface area contributed by atoms with Gasteiger partial charge in [0.05, 0.1) is 17.1 Å². The van der Waals surface area contributed by atoms with E-state index in [0.717, 1.165) is 17.1 Å². The number of thioether (sulfide) groups is 1. The molecule has 0 spiro atoms. The first-order valence-corrected chi connectivity index (χ1v) is 10.9. The molecule has 2 amide bonds. The number of fused-ring (bicyclic) bond motifs is 1. The predicted molar refractivity (Wildman–Crippen MR) is 118 cm³/mol. The van der Waals surface area contributed by atoms with Crippen LogP contribution in [0.4, 0.5) is 11.4 Å². The van der Waals surface area contributed by atoms with Crippen molar-refractivity contribution in [3.8, 4) is 11.4 Å². The molecule has 1 aliphatic rings. The van der Waals surface area contributed by atoms with Gasteiger partial charge in [-0.1, -0.05) is 54.2 Å². The zero-order valence-corrected chi connectivity index (χ0v) is 17.7. The molecule has 1 N–H and O–H groups in total. The number of aromatic nitrogens is 3. The van der Waals surface area contributed by atoms with Crippen LogP contribution in [0.5, 0.6) is 0 Å². The van der Waals surface area contributed by atoms with Crippen LogP contribution in [0.25, 0.3) is 11.4 Å². The maximum atomic E-state index is 13.2. The Labute approximate surface area is 179 Å². The summed E-state index contributed by atoms with van der Waals surface area (Å²) in [5, 5.41) is 12.2. The average Bonchev–Trinajstić information content (AvgIpc) is 3.11. The van der Waals surface area contributed by atoms with Crippen LogP contribution >= 0.6 is 11.8 Å². The van der Waals surface area contributed by atoms with Crippen LogP contribution in [0.15, 0.2) is 59.8 Å². The van der Waals surface area contributed by atoms with Crippen molar-refractivity contribution in [3.05, 3.63) is 54.6 Å². The van der Waals surface area contributed by atoms with Crippen molar-refractivity contribution in [1.29, 1.82) is 0 Å². The number of rotatable bonds is 5. The highest BCUT2D eigenvalue weighted by Gasteiger charge is 2.29. The Morgan fingerprint density at radius 3 is 2.63 bits per heavy atom. The Morgan fingerprint density at radius 2 is 1.87 bits per heavy atom. The summed E-state index contributed by atoms with van der Waals surface area (Å²) >= 11 is 1.37. The van der Waals surface area contributed by atoms with Gasteiger partial charge in [0.1, 0.15) is 0 Å². The summed E-state index contributed by atoms with van der Waals surface area (Å²) < 4.78 is 2.01. The van der Waals surface area contributed by atoms with Crippen molar-refractivity contribution in [3.63, 3.8) is 0 Å². The van der Waals surface area contributed by atoms with E-state index in [-0.39, 0.29) is 30.0 Å². The van der Waals surface area contributed by atoms with Crippen molar-refractivity contribution in [2.75, 3.05) is 16.0 Å². The van der Waals surface area contributed by atoms with Gasteiger partial charge >= 0.3 is 0 Å². The summed E-state index contributed by atoms with van der Waals surface area (Å²) in [6.07, 6.45) is 0.258. The summed E-state index contributed by atoms with van der Waals surface area (Å²) in [6, 6.07) is 17.1. The summed E-state index contributed by atoms with van der Waals surface area (Å²) in [7, 11) is 0. The molecule has 0 bridgehead atoms. The maximum Gasteiger partial charge on any atom is 0.237 e. The number of nitrogens with one attached hydrogen (secondary N) is 1. The summed E-state index contributed by atoms with van der Waals surface area (Å²) in [4.78, 5) is 27.1. The minimum atomic E-state index is -0.231. The van der Waals surface area contributed by atoms with Gasteiger partial charge < -0.3 is 14.8 Å². The first-order valence-electron chi connectivity index (χ1n) is 9.90. The first kappa shape index (κ1) is 20.2. The van der Waals surface area contributed by atoms with E-state index in [1.54, 1.807) is 4.90 Å². The molecule has 4 rings (SSSR count). The molecule has 0 aliphatic carbocycles. The largest absolute Gasteiger partial charge is 0.324 e. The van der Waals surface area contributed by atoms with Gasteiger partial charge in [-0.15, -0.1) is 10.2 Å². The van der Waals surface area contributed by atoms with E-state index in [1.807, 2.05) is 73.0 Å². The zero-order chi connectivity index (χ0) is 21.1. The van der Waals surface area contributed by atoms with Crippen LogP contribution in [0.2, 0.25) is 0 Å². The van der Waals surface area contributed by atoms with E-state index < -0.39 is 0 Å². The van der Waals surface area contributed by atoms with E-state index >= 15 is 0 Å². The molecule has 0 fully saturated rings. The number of nitrogens with zero attached hydrogens (tertiary/aromatic N) is 4. The minimum absolute atomic E-state index is 0.0663. The normalized spacial score (nSPS) is 16.0. The number of benzene rings is 2. The highest BCUT2D eigenvalue weighted by Crippen LogP contribution is 2.32. The van der Waals surface area contributed by atoms with Crippen molar-refractivity contribution < 1.29 is 9.59 Å². The molecule has 30 heavy (non-hydrogen) atoms. The third-order valence-corrected chi connectivity index (χ3v) is 5.97. The third kappa shape index (κ3) is 3.95. The lowest BCUT2D eigenvalue weighted by molar-refractivity contribution is -0.117. The van der Waals surface area contributed by atoms with Crippen LogP contribution in [0.3, 0.4) is 0 Å². The van der Waals surface area contributed by atoms with Gasteiger partial charge in [-0.25, -0.2) is 0 Å². The summed E-state index contributed by atoms with van der Waals surface area (Å²) in [6.45, 7) is 4.63. The Kier molecular flexibility index (Phi) is 5.85. The Balaban J connectivity index is 1.55. The minimum Gasteiger partial charge on any atom is -0.324 e. The van der Waals surface area contributed by atoms with E-state index in [1.165, 1.54) is 11.8 Å². The number of carbonyl (C=O) groups is 2. The second kappa shape index (κ2) is 8.71. The topological polar surface area (TPSA) is 80.1 Å². The number of amides is 2. The number of anilines is 2. The monoisotopic (exact) mass is 421 g/mol. The fourth-order valence-corrected chi connectivity index (χ4v) is 4.51. The van der Waals surface area contributed by atoms with Gasteiger partial charge in [0.25, 0.3) is 0 Å². The quantitative estimate of drug-likeness (QED) is 0.634. The lowest BCUT2D eigenvalue weighted by Gasteiger charge is -2.27. The molecule has 0 radical (unpaired) electrons. The highest BCUT2D eigenvalue weighted by molar-refractivity contribution is 7.99. The molecular formula is C22H23N5O2S. The van der Waals surface area contributed by atoms with Crippen LogP contribution < -0.4 is 10.2 Å². The van der Waals surface area contributed by atoms with Crippen LogP contribution in [0.1, 0.15) is 20.3 Å². The second-order valence-electron chi connectivity index (χ2n) is 7.09. The SMILES string of the molecule is CCn1c(SCC(=O)N2c3ccccc3NC(=O)C[C@H]2C)nnc1-c1ccccc1. The molecule has 154 valence electrons. The molecule has 0 saturated heterocycles. The highest BCUT2D eigenvalue weighted by atomic mass is 32.2. The molecule has 1 atom stereocenters. The van der Waals surface area contributed by atoms with Crippen molar-refractivity contribution in [2.45, 2.75) is 38.0 Å². The molecule has 2 aromatic carbocycles. The number of hydrogen-bond donors (Lipinski definition) is 1. The van der Waals surface area contributed by atoms with Gasteiger partial charge in [0.15, 0.2) is 11.0 Å². The molecule has 0 saturated carbocycles. The third-order valence-electron chi connectivity index (χ3n) is 5.02. The fraction of sp³-hybridized carbons (Fsp3) is 0.273. The smallest absolute Gasteiger partial charge is 0.237 e. The summed E-state index contributed by atoms with van der Waals surface area (Å²) in [5.41, 5.74) is 2.38. The van der Waals surface area contributed by atoms with Gasteiger partial charge in [-0.3, -0.25) is 9.59 Å². The standard InChI is InChI=1S/C22H23N5O2S/c1-3-26-21(16-9-5-4-6-10-16)24-25-22(26)30-14-20(29)27-15(2)13-19(28)23-17-11-7-8-12-18(17)27/h4-12,15H,3,13-14H2,1-2H3,(H,23,28)/t15-/m1/s1. The van der Waals surface area contributed by atoms with Gasteiger partial charge in [0.2, 0.25) is 11.8 Å². The van der Waals surface area contributed by atoms with E-state index in [2.05, 4.69) is 15.5 Å². The molecule has 0 unspecified atom stereocenters. The van der Waals surface area contributed by atoms with Gasteiger partial charge in [-0.05, 0) is 26.0 Å². The molecular weight excluding hydrogens is 398 g/mol. The lowest BCUT2D eigenvalue weighted by atomic mass is 10.2. The number of para-hydroxylation sites is 2. The van der Waals surface area contributed by atoms with Gasteiger partial charge in [-0.2, -0.15) is 0 Å². The second-order valence-corrected chi connectivity index (χ2v) is 8.03. The molecule has 1 aliphatic heterocycles. The lowest BCUT2D eigenvalue weighted by Crippen LogP contribution is -2.40. The molecule has 1 aromatic heterocycles. The van der Waals surface area contributed by atoms with Crippen molar-refractivity contribution in [2.24, 2.45) is 0 Å². The first-order chi connectivity index (χ1) is 14.6. The molecule has 7 nitrogen and oxygen atoms in total. The molecule has 3 aromatic rings. The van der Waals surface area contributed by atoms with E-state index in [9.17, 15) is 9.59 Å². The predicted octanol–water partition coefficient (Wildman–Crippen LogP) is 3.82. The summed E-state index contributed by atoms with van der Waals surface area (Å²) in [5.74, 6) is 0.843. The van der Waals surface area contributed by atoms with Crippen LogP contribution in [0, 0.1) is 0 Å². The van der Waals surface area contributed by atoms with Crippen molar-refractivity contribution >= 4 is 35.0 Å². The van der Waals surface area contributed by atoms with Gasteiger partial charge in [0, 0.05) is 24.6 Å². The maximum absolute atomic E-state index is 13.2.